The third-order valence-electron chi connectivity index (χ3n) is 1.90. The summed E-state index contributed by atoms with van der Waals surface area (Å²) in [5.41, 5.74) is 4.09. The molecule has 0 spiro atoms. The molecule has 0 atom stereocenters. The zero-order chi connectivity index (χ0) is 13.1. The third kappa shape index (κ3) is 3.85. The van der Waals surface area contributed by atoms with Crippen LogP contribution in [-0.4, -0.2) is 17.9 Å². The van der Waals surface area contributed by atoms with Gasteiger partial charge in [-0.15, -0.1) is 0 Å². The first-order valence-electron chi connectivity index (χ1n) is 4.60. The Balaban J connectivity index is 3.03. The summed E-state index contributed by atoms with van der Waals surface area (Å²) in [4.78, 5) is 11.2. The second-order valence-electron chi connectivity index (χ2n) is 3.28. The van der Waals surface area contributed by atoms with Gasteiger partial charge in [0, 0.05) is 5.69 Å². The number of amides is 1. The molecule has 0 aromatic heterocycles. The maximum atomic E-state index is 12.7. The highest BCUT2D eigenvalue weighted by atomic mass is 32.2. The lowest BCUT2D eigenvalue weighted by molar-refractivity contribution is -0.136. The number of carbonyl (C=O) groups is 1. The molecule has 0 unspecified atom stereocenters. The number of halogens is 3. The van der Waals surface area contributed by atoms with Gasteiger partial charge in [0.05, 0.1) is 17.0 Å². The van der Waals surface area contributed by atoms with Crippen molar-refractivity contribution in [3.8, 4) is 0 Å². The number of alkyl halides is 3. The van der Waals surface area contributed by atoms with Crippen LogP contribution in [0.3, 0.4) is 0 Å². The van der Waals surface area contributed by atoms with Gasteiger partial charge in [0.15, 0.2) is 0 Å². The van der Waals surface area contributed by atoms with Gasteiger partial charge in [-0.3, -0.25) is 4.79 Å². The van der Waals surface area contributed by atoms with Crippen molar-refractivity contribution in [3.05, 3.63) is 23.8 Å². The second-order valence-corrected chi connectivity index (χ2v) is 4.15. The van der Waals surface area contributed by atoms with Gasteiger partial charge in [-0.25, -0.2) is 0 Å². The summed E-state index contributed by atoms with van der Waals surface area (Å²) in [7, 11) is 0. The van der Waals surface area contributed by atoms with E-state index in [1.54, 1.807) is 6.26 Å². The number of nitrogen functional groups attached to an aromatic ring is 1. The molecule has 3 nitrogen and oxygen atoms in total. The van der Waals surface area contributed by atoms with Crippen molar-refractivity contribution in [2.45, 2.75) is 6.18 Å². The van der Waals surface area contributed by atoms with Crippen LogP contribution in [0.25, 0.3) is 0 Å². The van der Waals surface area contributed by atoms with Crippen molar-refractivity contribution in [1.82, 2.24) is 0 Å². The molecule has 1 aromatic carbocycles. The summed E-state index contributed by atoms with van der Waals surface area (Å²) in [5, 5.41) is 2.21. The van der Waals surface area contributed by atoms with Gasteiger partial charge in [0.2, 0.25) is 5.91 Å². The molecule has 0 bridgehead atoms. The second kappa shape index (κ2) is 5.31. The minimum Gasteiger partial charge on any atom is -0.399 e. The largest absolute Gasteiger partial charge is 0.418 e. The highest BCUT2D eigenvalue weighted by Gasteiger charge is 2.34. The van der Waals surface area contributed by atoms with Crippen LogP contribution in [0.15, 0.2) is 18.2 Å². The molecule has 0 heterocycles. The Morgan fingerprint density at radius 3 is 2.65 bits per heavy atom. The zero-order valence-corrected chi connectivity index (χ0v) is 9.78. The molecule has 0 aliphatic rings. The molecule has 17 heavy (non-hydrogen) atoms. The van der Waals surface area contributed by atoms with E-state index >= 15 is 0 Å². The fourth-order valence-corrected chi connectivity index (χ4v) is 1.56. The van der Waals surface area contributed by atoms with Gasteiger partial charge < -0.3 is 11.1 Å². The van der Waals surface area contributed by atoms with E-state index in [1.165, 1.54) is 17.8 Å². The van der Waals surface area contributed by atoms with E-state index in [4.69, 9.17) is 5.73 Å². The van der Waals surface area contributed by atoms with Crippen LogP contribution in [0, 0.1) is 0 Å². The fraction of sp³-hybridized carbons (Fsp3) is 0.300. The summed E-state index contributed by atoms with van der Waals surface area (Å²) in [6.07, 6.45) is -2.86. The Bertz CT molecular complexity index is 421. The Morgan fingerprint density at radius 1 is 1.47 bits per heavy atom. The molecule has 94 valence electrons. The van der Waals surface area contributed by atoms with Crippen LogP contribution in [0.4, 0.5) is 24.5 Å². The number of anilines is 2. The molecular formula is C10H11F3N2OS. The summed E-state index contributed by atoms with van der Waals surface area (Å²) < 4.78 is 38.0. The summed E-state index contributed by atoms with van der Waals surface area (Å²) in [6.45, 7) is 0. The van der Waals surface area contributed by atoms with Crippen molar-refractivity contribution in [3.63, 3.8) is 0 Å². The van der Waals surface area contributed by atoms with E-state index in [2.05, 4.69) is 5.32 Å². The summed E-state index contributed by atoms with van der Waals surface area (Å²) in [6, 6.07) is 3.26. The monoisotopic (exact) mass is 264 g/mol. The summed E-state index contributed by atoms with van der Waals surface area (Å²) in [5.74, 6) is -0.380. The maximum Gasteiger partial charge on any atom is 0.418 e. The highest BCUT2D eigenvalue weighted by molar-refractivity contribution is 7.99. The van der Waals surface area contributed by atoms with E-state index in [1.807, 2.05) is 0 Å². The van der Waals surface area contributed by atoms with E-state index in [0.29, 0.717) is 0 Å². The number of rotatable bonds is 3. The first kappa shape index (κ1) is 13.7. The predicted molar refractivity (Wildman–Crippen MR) is 62.9 cm³/mol. The number of carbonyl (C=O) groups excluding carboxylic acids is 1. The molecule has 0 saturated heterocycles. The van der Waals surface area contributed by atoms with Gasteiger partial charge >= 0.3 is 6.18 Å². The Labute approximate surface area is 101 Å². The molecule has 1 aromatic rings. The van der Waals surface area contributed by atoms with Gasteiger partial charge in [0.1, 0.15) is 0 Å². The van der Waals surface area contributed by atoms with Crippen LogP contribution in [0.2, 0.25) is 0 Å². The molecule has 0 fully saturated rings. The lowest BCUT2D eigenvalue weighted by Crippen LogP contribution is -2.18. The Morgan fingerprint density at radius 2 is 2.12 bits per heavy atom. The van der Waals surface area contributed by atoms with E-state index < -0.39 is 17.6 Å². The molecule has 0 aliphatic heterocycles. The van der Waals surface area contributed by atoms with Crippen LogP contribution in [0.5, 0.6) is 0 Å². The molecule has 1 rings (SSSR count). The van der Waals surface area contributed by atoms with Crippen molar-refractivity contribution < 1.29 is 18.0 Å². The predicted octanol–water partition coefficient (Wildman–Crippen LogP) is 2.59. The number of benzene rings is 1. The van der Waals surface area contributed by atoms with Gasteiger partial charge in [0.25, 0.3) is 0 Å². The van der Waals surface area contributed by atoms with E-state index in [9.17, 15) is 18.0 Å². The summed E-state index contributed by atoms with van der Waals surface area (Å²) >= 11 is 1.23. The molecular weight excluding hydrogens is 253 g/mol. The molecule has 3 N–H and O–H groups in total. The van der Waals surface area contributed by atoms with Crippen LogP contribution >= 0.6 is 11.8 Å². The van der Waals surface area contributed by atoms with Crippen LogP contribution in [-0.2, 0) is 11.0 Å². The van der Waals surface area contributed by atoms with E-state index in [0.717, 1.165) is 12.1 Å². The minimum atomic E-state index is -4.54. The lowest BCUT2D eigenvalue weighted by atomic mass is 10.1. The normalized spacial score (nSPS) is 11.3. The lowest BCUT2D eigenvalue weighted by Gasteiger charge is -2.14. The average molecular weight is 264 g/mol. The Kier molecular flexibility index (Phi) is 4.28. The minimum absolute atomic E-state index is 0.000176. The molecule has 0 radical (unpaired) electrons. The van der Waals surface area contributed by atoms with Crippen molar-refractivity contribution in [2.24, 2.45) is 0 Å². The fourth-order valence-electron chi connectivity index (χ4n) is 1.22. The molecule has 1 amide bonds. The van der Waals surface area contributed by atoms with Crippen molar-refractivity contribution >= 4 is 29.0 Å². The zero-order valence-electron chi connectivity index (χ0n) is 8.97. The van der Waals surface area contributed by atoms with Crippen molar-refractivity contribution in [1.29, 1.82) is 0 Å². The number of nitrogens with one attached hydrogen (secondary N) is 1. The first-order chi connectivity index (χ1) is 7.84. The number of hydrogen-bond acceptors (Lipinski definition) is 3. The molecule has 0 aliphatic carbocycles. The molecule has 7 heteroatoms. The number of nitrogens with two attached hydrogens (primary N) is 1. The van der Waals surface area contributed by atoms with Crippen LogP contribution in [0.1, 0.15) is 5.56 Å². The first-order valence-corrected chi connectivity index (χ1v) is 5.99. The van der Waals surface area contributed by atoms with Gasteiger partial charge in [-0.2, -0.15) is 24.9 Å². The average Bonchev–Trinajstić information content (AvgIpc) is 2.19. The topological polar surface area (TPSA) is 55.1 Å². The standard InChI is InChI=1S/C10H11F3N2OS/c1-17-5-9(16)15-8-3-2-6(14)4-7(8)10(11,12)13/h2-4H,5,14H2,1H3,(H,15,16). The van der Waals surface area contributed by atoms with Gasteiger partial charge in [-0.05, 0) is 24.5 Å². The van der Waals surface area contributed by atoms with E-state index in [-0.39, 0.29) is 17.1 Å². The smallest absolute Gasteiger partial charge is 0.399 e. The number of hydrogen-bond donors (Lipinski definition) is 2. The quantitative estimate of drug-likeness (QED) is 0.825. The van der Waals surface area contributed by atoms with Gasteiger partial charge in [-0.1, -0.05) is 0 Å². The highest BCUT2D eigenvalue weighted by Crippen LogP contribution is 2.36. The maximum absolute atomic E-state index is 12.7. The Hall–Kier alpha value is -1.37. The third-order valence-corrected chi connectivity index (χ3v) is 2.45. The molecule has 0 saturated carbocycles. The SMILES string of the molecule is CSCC(=O)Nc1ccc(N)cc1C(F)(F)F. The van der Waals surface area contributed by atoms with Crippen LogP contribution < -0.4 is 11.1 Å². The van der Waals surface area contributed by atoms with Crippen molar-refractivity contribution in [2.75, 3.05) is 23.1 Å². The number of thioether (sulfide) groups is 1.